The maximum Gasteiger partial charge on any atom is 0.573 e. The maximum atomic E-state index is 12.0. The molecule has 0 aliphatic carbocycles. The molecule has 94 valence electrons. The molecule has 0 aromatic heterocycles. The summed E-state index contributed by atoms with van der Waals surface area (Å²) in [6, 6.07) is 5.96. The van der Waals surface area contributed by atoms with Gasteiger partial charge in [0, 0.05) is 13.0 Å². The lowest BCUT2D eigenvalue weighted by atomic mass is 10.1. The van der Waals surface area contributed by atoms with Crippen LogP contribution in [-0.4, -0.2) is 25.7 Å². The van der Waals surface area contributed by atoms with Gasteiger partial charge in [0.25, 0.3) is 0 Å². The van der Waals surface area contributed by atoms with Crippen LogP contribution in [0.15, 0.2) is 24.3 Å². The highest BCUT2D eigenvalue weighted by molar-refractivity contribution is 5.29. The van der Waals surface area contributed by atoms with Crippen LogP contribution in [-0.2, 0) is 11.2 Å². The predicted octanol–water partition coefficient (Wildman–Crippen LogP) is 2.07. The second-order valence-corrected chi connectivity index (χ2v) is 3.79. The van der Waals surface area contributed by atoms with Crippen LogP contribution >= 0.6 is 0 Å². The van der Waals surface area contributed by atoms with Crippen LogP contribution in [0.3, 0.4) is 0 Å². The summed E-state index contributed by atoms with van der Waals surface area (Å²) in [6.07, 6.45) is -4.07. The molecule has 1 fully saturated rings. The lowest BCUT2D eigenvalue weighted by Crippen LogP contribution is -2.18. The second kappa shape index (κ2) is 4.93. The molecule has 0 radical (unpaired) electrons. The molecule has 1 aromatic rings. The molecule has 1 atom stereocenters. The molecule has 1 aromatic carbocycles. The van der Waals surface area contributed by atoms with Crippen LogP contribution in [0.4, 0.5) is 13.2 Å². The van der Waals surface area contributed by atoms with E-state index in [-0.39, 0.29) is 11.9 Å². The van der Waals surface area contributed by atoms with Crippen LogP contribution in [0.25, 0.3) is 0 Å². The predicted molar refractivity (Wildman–Crippen MR) is 54.6 cm³/mol. The Labute approximate surface area is 96.5 Å². The number of benzene rings is 1. The number of rotatable bonds is 3. The number of nitrogens with one attached hydrogen (secondary N) is 1. The topological polar surface area (TPSA) is 30.5 Å². The van der Waals surface area contributed by atoms with Gasteiger partial charge in [-0.2, -0.15) is 0 Å². The van der Waals surface area contributed by atoms with E-state index in [4.69, 9.17) is 4.74 Å². The highest BCUT2D eigenvalue weighted by atomic mass is 19.4. The summed E-state index contributed by atoms with van der Waals surface area (Å²) in [6.45, 7) is 1.20. The fourth-order valence-electron chi connectivity index (χ4n) is 1.72. The van der Waals surface area contributed by atoms with Gasteiger partial charge in [-0.25, -0.2) is 0 Å². The van der Waals surface area contributed by atoms with Gasteiger partial charge in [0.2, 0.25) is 0 Å². The summed E-state index contributed by atoms with van der Waals surface area (Å²) in [5.41, 5.74) is 0.764. The minimum absolute atomic E-state index is 0.0103. The van der Waals surface area contributed by atoms with E-state index in [0.717, 1.165) is 5.56 Å². The summed E-state index contributed by atoms with van der Waals surface area (Å²) in [5.74, 6) is -0.194. The zero-order valence-corrected chi connectivity index (χ0v) is 8.96. The zero-order valence-electron chi connectivity index (χ0n) is 8.96. The molecule has 0 amide bonds. The van der Waals surface area contributed by atoms with Crippen molar-refractivity contribution in [2.45, 2.75) is 18.9 Å². The number of alkyl halides is 3. The van der Waals surface area contributed by atoms with Gasteiger partial charge < -0.3 is 9.47 Å². The second-order valence-electron chi connectivity index (χ2n) is 3.79. The van der Waals surface area contributed by atoms with Crippen LogP contribution in [0.2, 0.25) is 0 Å². The van der Waals surface area contributed by atoms with Crippen molar-refractivity contribution in [3.8, 4) is 5.75 Å². The Kier molecular flexibility index (Phi) is 3.54. The Morgan fingerprint density at radius 2 is 2.24 bits per heavy atom. The van der Waals surface area contributed by atoms with Gasteiger partial charge in [-0.15, -0.1) is 13.2 Å². The first-order chi connectivity index (χ1) is 8.03. The minimum atomic E-state index is -4.65. The molecule has 1 heterocycles. The fraction of sp³-hybridized carbons (Fsp3) is 0.455. The van der Waals surface area contributed by atoms with Gasteiger partial charge in [-0.05, 0) is 17.7 Å². The Balaban J connectivity index is 2.00. The first kappa shape index (κ1) is 12.2. The molecule has 2 rings (SSSR count). The molecule has 0 saturated carbocycles. The summed E-state index contributed by atoms with van der Waals surface area (Å²) in [5, 5.41) is 3.01. The molecule has 0 bridgehead atoms. The first-order valence-corrected chi connectivity index (χ1v) is 5.20. The molecular formula is C11H12F3NO2. The van der Waals surface area contributed by atoms with Gasteiger partial charge in [0.05, 0.1) is 12.8 Å². The normalized spacial score (nSPS) is 20.5. The maximum absolute atomic E-state index is 12.0. The summed E-state index contributed by atoms with van der Waals surface area (Å²) < 4.78 is 45.2. The van der Waals surface area contributed by atoms with Crippen molar-refractivity contribution in [1.82, 2.24) is 5.32 Å². The van der Waals surface area contributed by atoms with E-state index in [1.54, 1.807) is 12.1 Å². The van der Waals surface area contributed by atoms with Crippen molar-refractivity contribution in [2.24, 2.45) is 0 Å². The third kappa shape index (κ3) is 3.90. The minimum Gasteiger partial charge on any atom is -0.406 e. The highest BCUT2D eigenvalue weighted by Gasteiger charge is 2.31. The first-order valence-electron chi connectivity index (χ1n) is 5.20. The quantitative estimate of drug-likeness (QED) is 0.887. The Morgan fingerprint density at radius 1 is 1.41 bits per heavy atom. The third-order valence-electron chi connectivity index (χ3n) is 2.39. The molecule has 6 heteroatoms. The van der Waals surface area contributed by atoms with Crippen molar-refractivity contribution >= 4 is 0 Å². The van der Waals surface area contributed by atoms with Crippen LogP contribution in [0, 0.1) is 0 Å². The molecule has 1 unspecified atom stereocenters. The van der Waals surface area contributed by atoms with Gasteiger partial charge in [-0.3, -0.25) is 5.32 Å². The number of hydrogen-bond acceptors (Lipinski definition) is 3. The van der Waals surface area contributed by atoms with Crippen molar-refractivity contribution in [3.05, 3.63) is 29.8 Å². The Bertz CT molecular complexity index is 375. The molecule has 1 aliphatic heterocycles. The standard InChI is InChI=1S/C11H12F3NO2/c12-11(13,14)17-9-3-1-2-8(4-9)5-10-6-15-7-16-10/h1-4,10,15H,5-7H2. The van der Waals surface area contributed by atoms with Gasteiger partial charge >= 0.3 is 6.36 Å². The molecule has 3 nitrogen and oxygen atoms in total. The van der Waals surface area contributed by atoms with E-state index in [0.29, 0.717) is 19.7 Å². The van der Waals surface area contributed by atoms with Crippen LogP contribution in [0.5, 0.6) is 5.75 Å². The zero-order chi connectivity index (χ0) is 12.3. The van der Waals surface area contributed by atoms with Gasteiger partial charge in [-0.1, -0.05) is 12.1 Å². The summed E-state index contributed by atoms with van der Waals surface area (Å²) >= 11 is 0. The van der Waals surface area contributed by atoms with E-state index in [1.807, 2.05) is 0 Å². The van der Waals surface area contributed by atoms with E-state index < -0.39 is 6.36 Å². The Hall–Kier alpha value is -1.27. The largest absolute Gasteiger partial charge is 0.573 e. The average Bonchev–Trinajstić information content (AvgIpc) is 2.68. The lowest BCUT2D eigenvalue weighted by molar-refractivity contribution is -0.274. The Morgan fingerprint density at radius 3 is 2.88 bits per heavy atom. The van der Waals surface area contributed by atoms with Crippen molar-refractivity contribution in [2.75, 3.05) is 13.3 Å². The molecule has 0 spiro atoms. The molecule has 1 saturated heterocycles. The van der Waals surface area contributed by atoms with E-state index in [9.17, 15) is 13.2 Å². The SMILES string of the molecule is FC(F)(F)Oc1cccc(CC2CNCO2)c1. The van der Waals surface area contributed by atoms with Gasteiger partial charge in [0.1, 0.15) is 5.75 Å². The average molecular weight is 247 g/mol. The van der Waals surface area contributed by atoms with Crippen LogP contribution < -0.4 is 10.1 Å². The number of halogens is 3. The third-order valence-corrected chi connectivity index (χ3v) is 2.39. The highest BCUT2D eigenvalue weighted by Crippen LogP contribution is 2.24. The fourth-order valence-corrected chi connectivity index (χ4v) is 1.72. The van der Waals surface area contributed by atoms with Crippen molar-refractivity contribution in [3.63, 3.8) is 0 Å². The van der Waals surface area contributed by atoms with Crippen molar-refractivity contribution < 1.29 is 22.6 Å². The molecule has 1 aliphatic rings. The van der Waals surface area contributed by atoms with Gasteiger partial charge in [0.15, 0.2) is 0 Å². The monoisotopic (exact) mass is 247 g/mol. The lowest BCUT2D eigenvalue weighted by Gasteiger charge is -2.11. The summed E-state index contributed by atoms with van der Waals surface area (Å²) in [4.78, 5) is 0. The van der Waals surface area contributed by atoms with Crippen molar-refractivity contribution in [1.29, 1.82) is 0 Å². The van der Waals surface area contributed by atoms with E-state index in [1.165, 1.54) is 12.1 Å². The number of hydrogen-bond donors (Lipinski definition) is 1. The number of ether oxygens (including phenoxy) is 2. The van der Waals surface area contributed by atoms with Crippen LogP contribution in [0.1, 0.15) is 5.56 Å². The molecule has 1 N–H and O–H groups in total. The van der Waals surface area contributed by atoms with E-state index in [2.05, 4.69) is 10.1 Å². The molecular weight excluding hydrogens is 235 g/mol. The smallest absolute Gasteiger partial charge is 0.406 e. The van der Waals surface area contributed by atoms with E-state index >= 15 is 0 Å². The summed E-state index contributed by atoms with van der Waals surface area (Å²) in [7, 11) is 0. The molecule has 17 heavy (non-hydrogen) atoms.